The van der Waals surface area contributed by atoms with Crippen LogP contribution in [-0.2, 0) is 11.2 Å². The van der Waals surface area contributed by atoms with E-state index in [1.54, 1.807) is 13.2 Å². The first-order valence-electron chi connectivity index (χ1n) is 6.10. The fourth-order valence-corrected chi connectivity index (χ4v) is 1.81. The van der Waals surface area contributed by atoms with Crippen LogP contribution < -0.4 is 0 Å². The molecular formula is C14H22O2. The molecule has 1 N–H and O–H groups in total. The van der Waals surface area contributed by atoms with Crippen molar-refractivity contribution in [3.05, 3.63) is 29.8 Å². The molecule has 0 radical (unpaired) electrons. The molecule has 0 unspecified atom stereocenters. The molecule has 1 aromatic rings. The molecule has 0 fully saturated rings. The Bertz CT molecular complexity index is 284. The minimum absolute atomic E-state index is 0.432. The SMILES string of the molecule is COCCCCCCCc1ccccc1O. The summed E-state index contributed by atoms with van der Waals surface area (Å²) in [5.74, 6) is 0.432. The summed E-state index contributed by atoms with van der Waals surface area (Å²) in [7, 11) is 1.75. The van der Waals surface area contributed by atoms with Crippen LogP contribution in [0, 0.1) is 0 Å². The number of phenolic OH excluding ortho intramolecular Hbond substituents is 1. The van der Waals surface area contributed by atoms with E-state index < -0.39 is 0 Å². The fourth-order valence-electron chi connectivity index (χ4n) is 1.81. The number of aromatic hydroxyl groups is 1. The first-order chi connectivity index (χ1) is 7.84. The van der Waals surface area contributed by atoms with Crippen LogP contribution in [0.1, 0.15) is 37.7 Å². The topological polar surface area (TPSA) is 29.5 Å². The Labute approximate surface area is 98.3 Å². The molecule has 0 aliphatic carbocycles. The number of rotatable bonds is 8. The third-order valence-electron chi connectivity index (χ3n) is 2.79. The van der Waals surface area contributed by atoms with Crippen molar-refractivity contribution in [1.82, 2.24) is 0 Å². The number of benzene rings is 1. The fraction of sp³-hybridized carbons (Fsp3) is 0.571. The van der Waals surface area contributed by atoms with E-state index in [4.69, 9.17) is 4.74 Å². The molecule has 16 heavy (non-hydrogen) atoms. The molecule has 2 heteroatoms. The van der Waals surface area contributed by atoms with Gasteiger partial charge in [0.15, 0.2) is 0 Å². The van der Waals surface area contributed by atoms with Crippen molar-refractivity contribution in [2.45, 2.75) is 38.5 Å². The largest absolute Gasteiger partial charge is 0.508 e. The molecule has 1 aromatic carbocycles. The van der Waals surface area contributed by atoms with Crippen molar-refractivity contribution in [3.63, 3.8) is 0 Å². The molecule has 0 aliphatic rings. The predicted octanol–water partition coefficient (Wildman–Crippen LogP) is 3.53. The van der Waals surface area contributed by atoms with E-state index in [1.165, 1.54) is 19.3 Å². The third kappa shape index (κ3) is 5.17. The quantitative estimate of drug-likeness (QED) is 0.682. The van der Waals surface area contributed by atoms with E-state index >= 15 is 0 Å². The minimum atomic E-state index is 0.432. The minimum Gasteiger partial charge on any atom is -0.508 e. The van der Waals surface area contributed by atoms with Crippen LogP contribution in [0.4, 0.5) is 0 Å². The first-order valence-corrected chi connectivity index (χ1v) is 6.10. The van der Waals surface area contributed by atoms with Crippen molar-refractivity contribution < 1.29 is 9.84 Å². The molecule has 0 spiro atoms. The number of hydrogen-bond acceptors (Lipinski definition) is 2. The zero-order valence-electron chi connectivity index (χ0n) is 10.1. The van der Waals surface area contributed by atoms with Crippen molar-refractivity contribution >= 4 is 0 Å². The van der Waals surface area contributed by atoms with Gasteiger partial charge in [0.2, 0.25) is 0 Å². The van der Waals surface area contributed by atoms with E-state index in [1.807, 2.05) is 18.2 Å². The number of hydrogen-bond donors (Lipinski definition) is 1. The lowest BCUT2D eigenvalue weighted by molar-refractivity contribution is 0.192. The molecule has 2 nitrogen and oxygen atoms in total. The molecule has 0 atom stereocenters. The summed E-state index contributed by atoms with van der Waals surface area (Å²) in [4.78, 5) is 0. The summed E-state index contributed by atoms with van der Waals surface area (Å²) in [6, 6.07) is 7.60. The van der Waals surface area contributed by atoms with Gasteiger partial charge in [-0.1, -0.05) is 37.5 Å². The van der Waals surface area contributed by atoms with Crippen molar-refractivity contribution in [3.8, 4) is 5.75 Å². The van der Waals surface area contributed by atoms with Crippen LogP contribution in [0.15, 0.2) is 24.3 Å². The Hall–Kier alpha value is -1.02. The summed E-state index contributed by atoms with van der Waals surface area (Å²) in [5.41, 5.74) is 1.07. The lowest BCUT2D eigenvalue weighted by Gasteiger charge is -2.04. The van der Waals surface area contributed by atoms with Crippen molar-refractivity contribution in [2.75, 3.05) is 13.7 Å². The van der Waals surface area contributed by atoms with Crippen LogP contribution in [-0.4, -0.2) is 18.8 Å². The second kappa shape index (κ2) is 8.17. The van der Waals surface area contributed by atoms with E-state index in [0.29, 0.717) is 5.75 Å². The van der Waals surface area contributed by atoms with Gasteiger partial charge in [-0.2, -0.15) is 0 Å². The normalized spacial score (nSPS) is 10.6. The maximum atomic E-state index is 9.57. The van der Waals surface area contributed by atoms with Crippen LogP contribution in [0.3, 0.4) is 0 Å². The number of methoxy groups -OCH3 is 1. The monoisotopic (exact) mass is 222 g/mol. The highest BCUT2D eigenvalue weighted by atomic mass is 16.5. The van der Waals surface area contributed by atoms with Gasteiger partial charge in [0.25, 0.3) is 0 Å². The van der Waals surface area contributed by atoms with Crippen molar-refractivity contribution in [2.24, 2.45) is 0 Å². The van der Waals surface area contributed by atoms with Gasteiger partial charge < -0.3 is 9.84 Å². The zero-order valence-corrected chi connectivity index (χ0v) is 10.1. The Kier molecular flexibility index (Phi) is 6.66. The van der Waals surface area contributed by atoms with Gasteiger partial charge in [-0.3, -0.25) is 0 Å². The summed E-state index contributed by atoms with van der Waals surface area (Å²) in [5, 5.41) is 9.57. The van der Waals surface area contributed by atoms with E-state index in [-0.39, 0.29) is 0 Å². The molecule has 90 valence electrons. The summed E-state index contributed by atoms with van der Waals surface area (Å²) in [6.45, 7) is 0.874. The van der Waals surface area contributed by atoms with Gasteiger partial charge in [-0.25, -0.2) is 0 Å². The molecular weight excluding hydrogens is 200 g/mol. The van der Waals surface area contributed by atoms with Crippen LogP contribution >= 0.6 is 0 Å². The molecule has 0 aliphatic heterocycles. The smallest absolute Gasteiger partial charge is 0.118 e. The Balaban J connectivity index is 2.05. The Morgan fingerprint density at radius 1 is 1.00 bits per heavy atom. The predicted molar refractivity (Wildman–Crippen MR) is 66.8 cm³/mol. The molecule has 1 rings (SSSR count). The summed E-state index contributed by atoms with van der Waals surface area (Å²) < 4.78 is 5.00. The van der Waals surface area contributed by atoms with Crippen LogP contribution in [0.25, 0.3) is 0 Å². The highest BCUT2D eigenvalue weighted by molar-refractivity contribution is 5.31. The van der Waals surface area contributed by atoms with E-state index in [2.05, 4.69) is 0 Å². The van der Waals surface area contributed by atoms with Gasteiger partial charge in [0.1, 0.15) is 5.75 Å². The summed E-state index contributed by atoms with van der Waals surface area (Å²) in [6.07, 6.45) is 7.04. The van der Waals surface area contributed by atoms with Crippen molar-refractivity contribution in [1.29, 1.82) is 0 Å². The molecule has 0 saturated carbocycles. The summed E-state index contributed by atoms with van der Waals surface area (Å²) >= 11 is 0. The number of aryl methyl sites for hydroxylation is 1. The van der Waals surface area contributed by atoms with Crippen LogP contribution in [0.2, 0.25) is 0 Å². The van der Waals surface area contributed by atoms with Gasteiger partial charge in [-0.15, -0.1) is 0 Å². The second-order valence-corrected chi connectivity index (χ2v) is 4.14. The lowest BCUT2D eigenvalue weighted by atomic mass is 10.0. The second-order valence-electron chi connectivity index (χ2n) is 4.14. The molecule has 0 saturated heterocycles. The molecule has 0 amide bonds. The maximum absolute atomic E-state index is 9.57. The Morgan fingerprint density at radius 3 is 2.44 bits per heavy atom. The van der Waals surface area contributed by atoms with Gasteiger partial charge >= 0.3 is 0 Å². The van der Waals surface area contributed by atoms with E-state index in [0.717, 1.165) is 31.4 Å². The standard InChI is InChI=1S/C14H22O2/c1-16-12-8-4-2-3-5-9-13-10-6-7-11-14(13)15/h6-7,10-11,15H,2-5,8-9,12H2,1H3. The van der Waals surface area contributed by atoms with E-state index in [9.17, 15) is 5.11 Å². The number of ether oxygens (including phenoxy) is 1. The molecule has 0 aromatic heterocycles. The van der Waals surface area contributed by atoms with Gasteiger partial charge in [0, 0.05) is 13.7 Å². The average molecular weight is 222 g/mol. The first kappa shape index (κ1) is 13.0. The number of unbranched alkanes of at least 4 members (excludes halogenated alkanes) is 4. The zero-order chi connectivity index (χ0) is 11.6. The molecule has 0 heterocycles. The average Bonchev–Trinajstić information content (AvgIpc) is 2.30. The molecule has 0 bridgehead atoms. The third-order valence-corrected chi connectivity index (χ3v) is 2.79. The van der Waals surface area contributed by atoms with Crippen LogP contribution in [0.5, 0.6) is 5.75 Å². The maximum Gasteiger partial charge on any atom is 0.118 e. The van der Waals surface area contributed by atoms with Gasteiger partial charge in [0.05, 0.1) is 0 Å². The van der Waals surface area contributed by atoms with Gasteiger partial charge in [-0.05, 0) is 30.9 Å². The highest BCUT2D eigenvalue weighted by Crippen LogP contribution is 2.18. The number of phenols is 1. The Morgan fingerprint density at radius 2 is 1.69 bits per heavy atom. The number of para-hydroxylation sites is 1. The highest BCUT2D eigenvalue weighted by Gasteiger charge is 1.98. The lowest BCUT2D eigenvalue weighted by Crippen LogP contribution is -1.90.